The minimum atomic E-state index is -0.350. The maximum atomic E-state index is 12.8. The molecule has 0 fully saturated rings. The van der Waals surface area contributed by atoms with Crippen LogP contribution < -0.4 is 10.9 Å². The molecule has 5 aromatic rings. The predicted octanol–water partition coefficient (Wildman–Crippen LogP) is 7.85. The molecule has 0 aliphatic heterocycles. The summed E-state index contributed by atoms with van der Waals surface area (Å²) >= 11 is 25.1. The van der Waals surface area contributed by atoms with Gasteiger partial charge in [0.1, 0.15) is 22.7 Å². The Morgan fingerprint density at radius 1 is 0.531 bits per heavy atom. The van der Waals surface area contributed by atoms with E-state index in [-0.39, 0.29) is 44.3 Å². The Balaban J connectivity index is 1.80. The zero-order valence-corrected chi connectivity index (χ0v) is 18.9. The number of hydrogen-bond donors (Lipinski definition) is 0. The highest BCUT2D eigenvalue weighted by Gasteiger charge is 2.17. The van der Waals surface area contributed by atoms with E-state index in [0.717, 1.165) is 0 Å². The maximum Gasteiger partial charge on any atom is 0.193 e. The molecule has 0 atom stereocenters. The van der Waals surface area contributed by atoms with Crippen LogP contribution in [-0.2, 0) is 0 Å². The van der Waals surface area contributed by atoms with Crippen molar-refractivity contribution in [1.82, 2.24) is 0 Å². The van der Waals surface area contributed by atoms with Crippen molar-refractivity contribution in [2.24, 2.45) is 0 Å². The van der Waals surface area contributed by atoms with E-state index in [0.29, 0.717) is 31.2 Å². The monoisotopic (exact) mass is 502 g/mol. The van der Waals surface area contributed by atoms with Crippen molar-refractivity contribution >= 4 is 68.3 Å². The smallest absolute Gasteiger partial charge is 0.193 e. The summed E-state index contributed by atoms with van der Waals surface area (Å²) in [6.07, 6.45) is 0. The van der Waals surface area contributed by atoms with E-state index in [1.807, 2.05) is 0 Å². The minimum absolute atomic E-state index is 0.199. The third-order valence-electron chi connectivity index (χ3n) is 5.00. The van der Waals surface area contributed by atoms with Gasteiger partial charge in [-0.1, -0.05) is 58.5 Å². The highest BCUT2D eigenvalue weighted by atomic mass is 35.5. The number of hydrogen-bond acceptors (Lipinski definition) is 4. The van der Waals surface area contributed by atoms with Gasteiger partial charge in [-0.15, -0.1) is 0 Å². The summed E-state index contributed by atoms with van der Waals surface area (Å²) in [6.45, 7) is 0. The SMILES string of the molecule is O=c1cc(-c2c(Cl)cccc2Cl)oc2cc3oc(-c4c(Cl)cccc4Cl)cc(=O)c3cc12. The molecule has 0 saturated carbocycles. The van der Waals surface area contributed by atoms with E-state index in [9.17, 15) is 9.59 Å². The zero-order valence-electron chi connectivity index (χ0n) is 15.9. The predicted molar refractivity (Wildman–Crippen MR) is 129 cm³/mol. The van der Waals surface area contributed by atoms with Crippen LogP contribution in [0.1, 0.15) is 0 Å². The molecule has 0 aliphatic carbocycles. The second kappa shape index (κ2) is 7.98. The van der Waals surface area contributed by atoms with Crippen LogP contribution in [0, 0.1) is 0 Å². The molecule has 0 aliphatic rings. The Hall–Kier alpha value is -2.76. The summed E-state index contributed by atoms with van der Waals surface area (Å²) in [5.74, 6) is 0.398. The van der Waals surface area contributed by atoms with Crippen molar-refractivity contribution in [1.29, 1.82) is 0 Å². The molecule has 0 spiro atoms. The van der Waals surface area contributed by atoms with Crippen molar-refractivity contribution in [3.63, 3.8) is 0 Å². The maximum absolute atomic E-state index is 12.8. The standard InChI is InChI=1S/C24H10Cl4O4/c25-13-3-1-4-14(26)23(13)21-8-17(29)11-7-12-18(30)9-22(32-20(12)10-19(11)31-21)24-15(27)5-2-6-16(24)28/h1-10H. The first-order valence-corrected chi connectivity index (χ1v) is 10.8. The van der Waals surface area contributed by atoms with E-state index in [2.05, 4.69) is 0 Å². The Morgan fingerprint density at radius 3 is 1.28 bits per heavy atom. The molecule has 0 N–H and O–H groups in total. The first-order chi connectivity index (χ1) is 15.3. The lowest BCUT2D eigenvalue weighted by atomic mass is 10.1. The van der Waals surface area contributed by atoms with Crippen LogP contribution in [0.15, 0.2) is 79.1 Å². The van der Waals surface area contributed by atoms with Gasteiger partial charge in [-0.25, -0.2) is 0 Å². The quantitative estimate of drug-likeness (QED) is 0.230. The number of benzene rings is 3. The van der Waals surface area contributed by atoms with E-state index < -0.39 is 0 Å². The fraction of sp³-hybridized carbons (Fsp3) is 0. The van der Waals surface area contributed by atoms with E-state index in [4.69, 9.17) is 55.2 Å². The van der Waals surface area contributed by atoms with Gasteiger partial charge in [0, 0.05) is 18.2 Å². The average molecular weight is 504 g/mol. The zero-order chi connectivity index (χ0) is 22.6. The lowest BCUT2D eigenvalue weighted by Crippen LogP contribution is -2.05. The van der Waals surface area contributed by atoms with Gasteiger partial charge in [0.25, 0.3) is 0 Å². The van der Waals surface area contributed by atoms with Crippen LogP contribution in [0.5, 0.6) is 0 Å². The first kappa shape index (κ1) is 21.1. The van der Waals surface area contributed by atoms with Crippen LogP contribution in [-0.4, -0.2) is 0 Å². The van der Waals surface area contributed by atoms with Crippen molar-refractivity contribution in [3.8, 4) is 22.6 Å². The molecule has 5 rings (SSSR count). The normalized spacial score (nSPS) is 11.4. The van der Waals surface area contributed by atoms with Crippen LogP contribution in [0.25, 0.3) is 44.6 Å². The van der Waals surface area contributed by atoms with E-state index in [1.165, 1.54) is 24.3 Å². The molecular formula is C24H10Cl4O4. The Bertz CT molecular complexity index is 1510. The molecule has 0 bridgehead atoms. The molecule has 3 aromatic carbocycles. The van der Waals surface area contributed by atoms with Crippen molar-refractivity contribution < 1.29 is 8.83 Å². The molecule has 2 aromatic heterocycles. The summed E-state index contributed by atoms with van der Waals surface area (Å²) < 4.78 is 11.9. The van der Waals surface area contributed by atoms with Crippen LogP contribution in [0.2, 0.25) is 20.1 Å². The number of rotatable bonds is 2. The molecule has 4 nitrogen and oxygen atoms in total. The molecule has 0 saturated heterocycles. The fourth-order valence-electron chi connectivity index (χ4n) is 3.52. The Kier molecular flexibility index (Phi) is 5.26. The van der Waals surface area contributed by atoms with Gasteiger partial charge in [0.2, 0.25) is 0 Å². The topological polar surface area (TPSA) is 60.4 Å². The summed E-state index contributed by atoms with van der Waals surface area (Å²) in [6, 6.07) is 15.5. The molecule has 8 heteroatoms. The third-order valence-corrected chi connectivity index (χ3v) is 6.26. The molecular weight excluding hydrogens is 494 g/mol. The van der Waals surface area contributed by atoms with Crippen molar-refractivity contribution in [2.75, 3.05) is 0 Å². The summed E-state index contributed by atoms with van der Waals surface area (Å²) in [7, 11) is 0. The number of halogens is 4. The lowest BCUT2D eigenvalue weighted by Gasteiger charge is -2.09. The second-order valence-corrected chi connectivity index (χ2v) is 8.62. The lowest BCUT2D eigenvalue weighted by molar-refractivity contribution is 0.606. The number of fused-ring (bicyclic) bond motifs is 2. The van der Waals surface area contributed by atoms with Gasteiger partial charge in [-0.2, -0.15) is 0 Å². The third kappa shape index (κ3) is 3.50. The summed E-state index contributed by atoms with van der Waals surface area (Å²) in [5, 5.41) is 1.79. The molecule has 158 valence electrons. The van der Waals surface area contributed by atoms with Crippen molar-refractivity contribution in [3.05, 3.63) is 101 Å². The minimum Gasteiger partial charge on any atom is -0.456 e. The second-order valence-electron chi connectivity index (χ2n) is 6.99. The molecule has 32 heavy (non-hydrogen) atoms. The van der Waals surface area contributed by atoms with Crippen LogP contribution >= 0.6 is 46.4 Å². The summed E-state index contributed by atoms with van der Waals surface area (Å²) in [4.78, 5) is 25.6. The molecule has 2 heterocycles. The van der Waals surface area contributed by atoms with Crippen molar-refractivity contribution in [2.45, 2.75) is 0 Å². The van der Waals surface area contributed by atoms with Gasteiger partial charge in [0.05, 0.1) is 42.0 Å². The van der Waals surface area contributed by atoms with E-state index in [1.54, 1.807) is 36.4 Å². The molecule has 0 radical (unpaired) electrons. The first-order valence-electron chi connectivity index (χ1n) is 9.28. The molecule has 0 unspecified atom stereocenters. The van der Waals surface area contributed by atoms with Gasteiger partial charge in [-0.3, -0.25) is 9.59 Å². The van der Waals surface area contributed by atoms with Gasteiger partial charge in [-0.05, 0) is 30.3 Å². The Morgan fingerprint density at radius 2 is 0.906 bits per heavy atom. The highest BCUT2D eigenvalue weighted by molar-refractivity contribution is 6.39. The summed E-state index contributed by atoms with van der Waals surface area (Å²) in [5.41, 5.74) is 0.512. The highest BCUT2D eigenvalue weighted by Crippen LogP contribution is 2.37. The Labute approximate surface area is 200 Å². The average Bonchev–Trinajstić information content (AvgIpc) is 2.72. The van der Waals surface area contributed by atoms with Crippen LogP contribution in [0.4, 0.5) is 0 Å². The van der Waals surface area contributed by atoms with Gasteiger partial charge >= 0.3 is 0 Å². The fourth-order valence-corrected chi connectivity index (χ4v) is 4.68. The van der Waals surface area contributed by atoms with E-state index >= 15 is 0 Å². The van der Waals surface area contributed by atoms with Gasteiger partial charge in [0.15, 0.2) is 10.9 Å². The van der Waals surface area contributed by atoms with Crippen LogP contribution in [0.3, 0.4) is 0 Å². The van der Waals surface area contributed by atoms with Gasteiger partial charge < -0.3 is 8.83 Å². The largest absolute Gasteiger partial charge is 0.456 e. The molecule has 0 amide bonds.